The summed E-state index contributed by atoms with van der Waals surface area (Å²) >= 11 is 4.83. The van der Waals surface area contributed by atoms with Crippen LogP contribution in [-0.2, 0) is 24.8 Å². The maximum Gasteiger partial charge on any atom is 0.352 e. The highest BCUT2D eigenvalue weighted by Gasteiger charge is 2.54. The Hall–Kier alpha value is -4.21. The van der Waals surface area contributed by atoms with Gasteiger partial charge in [-0.2, -0.15) is 0 Å². The Labute approximate surface area is 299 Å². The Balaban J connectivity index is 1.33. The summed E-state index contributed by atoms with van der Waals surface area (Å²) < 4.78 is 0.490. The van der Waals surface area contributed by atoms with Crippen molar-refractivity contribution < 1.29 is 24.3 Å². The van der Waals surface area contributed by atoms with Crippen LogP contribution in [0.25, 0.3) is 0 Å². The highest BCUT2D eigenvalue weighted by Crippen LogP contribution is 2.42. The molecule has 0 aliphatic carbocycles. The minimum Gasteiger partial charge on any atom is -0.477 e. The van der Waals surface area contributed by atoms with Crippen molar-refractivity contribution in [3.63, 3.8) is 0 Å². The highest BCUT2D eigenvalue weighted by atomic mass is 127. The van der Waals surface area contributed by atoms with Crippen LogP contribution in [-0.4, -0.2) is 66.2 Å². The zero-order chi connectivity index (χ0) is 33.8. The first kappa shape index (κ1) is 33.7. The average molecular weight is 794 g/mol. The Bertz CT molecular complexity index is 1770. The second kappa shape index (κ2) is 14.5. The molecule has 2 aliphatic rings. The SMILES string of the molecule is CC(C)ON=C(C(=O)N[C@@H]1C(=O)N2C(C(=O)O)=C(CI)CS[C@@H]12)c1csc(NC(c2ccccc2)(c2ccccc2)c2ccccc2)n1. The number of carbonyl (C=O) groups is 3. The first-order chi connectivity index (χ1) is 23.2. The standard InChI is InChI=1S/C35H32IN5O5S2/c1-21(2)46-40-27(30(42)38-28-31(43)41-29(33(44)45)22(18-36)19-47-32(28)41)26-20-48-34(37-26)39-35(23-12-6-3-7-13-23,24-14-8-4-9-15-24)25-16-10-5-11-17-25/h3-17,20-21,28,32H,18-19H2,1-2H3,(H,37,39)(H,38,42)(H,44,45)/t28-,32+/m1/s1. The molecule has 6 rings (SSSR count). The van der Waals surface area contributed by atoms with Gasteiger partial charge in [-0.15, -0.1) is 23.1 Å². The van der Waals surface area contributed by atoms with E-state index in [1.54, 1.807) is 19.2 Å². The molecule has 48 heavy (non-hydrogen) atoms. The molecular formula is C35H32IN5O5S2. The number of thioether (sulfide) groups is 1. The molecule has 2 atom stereocenters. The monoisotopic (exact) mass is 793 g/mol. The molecule has 10 nitrogen and oxygen atoms in total. The largest absolute Gasteiger partial charge is 0.477 e. The summed E-state index contributed by atoms with van der Waals surface area (Å²) in [5, 5.41) is 22.2. The van der Waals surface area contributed by atoms with E-state index in [1.807, 2.05) is 54.6 Å². The Kier molecular flexibility index (Phi) is 10.2. The van der Waals surface area contributed by atoms with Gasteiger partial charge in [-0.25, -0.2) is 9.78 Å². The molecule has 246 valence electrons. The fourth-order valence-corrected chi connectivity index (χ4v) is 8.83. The van der Waals surface area contributed by atoms with Gasteiger partial charge < -0.3 is 20.6 Å². The number of hydrogen-bond donors (Lipinski definition) is 3. The van der Waals surface area contributed by atoms with Gasteiger partial charge in [0.2, 0.25) is 0 Å². The molecule has 1 fully saturated rings. The number of aromatic nitrogens is 1. The van der Waals surface area contributed by atoms with E-state index in [2.05, 4.69) is 74.8 Å². The van der Waals surface area contributed by atoms with Crippen molar-refractivity contribution in [3.05, 3.63) is 130 Å². The van der Waals surface area contributed by atoms with Crippen molar-refractivity contribution in [1.82, 2.24) is 15.2 Å². The van der Waals surface area contributed by atoms with Gasteiger partial charge >= 0.3 is 5.97 Å². The summed E-state index contributed by atoms with van der Waals surface area (Å²) in [7, 11) is 0. The number of nitrogens with zero attached hydrogens (tertiary/aromatic N) is 3. The fourth-order valence-electron chi connectivity index (χ4n) is 5.74. The predicted octanol–water partition coefficient (Wildman–Crippen LogP) is 5.85. The number of oxime groups is 1. The zero-order valence-corrected chi connectivity index (χ0v) is 29.8. The molecule has 3 N–H and O–H groups in total. The predicted molar refractivity (Wildman–Crippen MR) is 196 cm³/mol. The quantitative estimate of drug-likeness (QED) is 0.0407. The summed E-state index contributed by atoms with van der Waals surface area (Å²) in [6, 6.07) is 29.4. The van der Waals surface area contributed by atoms with Crippen LogP contribution in [0.5, 0.6) is 0 Å². The number of rotatable bonds is 12. The van der Waals surface area contributed by atoms with Gasteiger partial charge in [0.05, 0.1) is 0 Å². The van der Waals surface area contributed by atoms with Gasteiger partial charge in [0.25, 0.3) is 11.8 Å². The van der Waals surface area contributed by atoms with E-state index in [1.165, 1.54) is 28.0 Å². The number of hydrogen-bond acceptors (Lipinski definition) is 9. The lowest BCUT2D eigenvalue weighted by atomic mass is 9.77. The zero-order valence-electron chi connectivity index (χ0n) is 26.0. The lowest BCUT2D eigenvalue weighted by Gasteiger charge is -2.49. The number of fused-ring (bicyclic) bond motifs is 1. The van der Waals surface area contributed by atoms with Gasteiger partial charge in [-0.05, 0) is 36.1 Å². The smallest absolute Gasteiger partial charge is 0.352 e. The van der Waals surface area contributed by atoms with Crippen molar-refractivity contribution >= 4 is 74.3 Å². The van der Waals surface area contributed by atoms with Gasteiger partial charge in [-0.1, -0.05) is 119 Å². The van der Waals surface area contributed by atoms with Crippen LogP contribution in [0.3, 0.4) is 0 Å². The maximum atomic E-state index is 13.8. The number of benzene rings is 3. The molecule has 0 bridgehead atoms. The van der Waals surface area contributed by atoms with E-state index in [4.69, 9.17) is 9.82 Å². The van der Waals surface area contributed by atoms with E-state index >= 15 is 0 Å². The van der Waals surface area contributed by atoms with Crippen LogP contribution in [0.1, 0.15) is 36.2 Å². The summed E-state index contributed by atoms with van der Waals surface area (Å²) in [5.74, 6) is -1.83. The van der Waals surface area contributed by atoms with Crippen molar-refractivity contribution in [2.24, 2.45) is 5.16 Å². The molecule has 3 heterocycles. The second-order valence-electron chi connectivity index (χ2n) is 11.4. The van der Waals surface area contributed by atoms with Crippen LogP contribution in [0.15, 0.2) is 113 Å². The van der Waals surface area contributed by atoms with Crippen LogP contribution >= 0.6 is 45.7 Å². The normalized spacial score (nSPS) is 17.9. The summed E-state index contributed by atoms with van der Waals surface area (Å²) in [6.07, 6.45) is -0.324. The Morgan fingerprint density at radius 3 is 2.08 bits per heavy atom. The van der Waals surface area contributed by atoms with Crippen molar-refractivity contribution in [2.45, 2.75) is 36.9 Å². The number of nitrogens with one attached hydrogen (secondary N) is 2. The third-order valence-electron chi connectivity index (χ3n) is 7.93. The molecule has 2 amide bonds. The summed E-state index contributed by atoms with van der Waals surface area (Å²) in [4.78, 5) is 50.6. The second-order valence-corrected chi connectivity index (χ2v) is 14.1. The van der Waals surface area contributed by atoms with E-state index in [0.29, 0.717) is 20.9 Å². The van der Waals surface area contributed by atoms with Crippen molar-refractivity contribution in [2.75, 3.05) is 15.5 Å². The molecule has 2 aliphatic heterocycles. The Morgan fingerprint density at radius 1 is 1.02 bits per heavy atom. The minimum atomic E-state index is -1.15. The Morgan fingerprint density at radius 2 is 1.58 bits per heavy atom. The van der Waals surface area contributed by atoms with Gasteiger partial charge in [0, 0.05) is 15.6 Å². The summed E-state index contributed by atoms with van der Waals surface area (Å²) in [6.45, 7) is 3.58. The number of β-lactam (4-membered cyclic amide) rings is 1. The number of thiazole rings is 1. The van der Waals surface area contributed by atoms with E-state index in [9.17, 15) is 19.5 Å². The van der Waals surface area contributed by atoms with E-state index < -0.39 is 34.7 Å². The fraction of sp³-hybridized carbons (Fsp3) is 0.229. The number of carboxylic acid groups (broad SMARTS) is 1. The molecule has 13 heteroatoms. The number of aliphatic carboxylic acids is 1. The molecule has 3 aromatic carbocycles. The summed E-state index contributed by atoms with van der Waals surface area (Å²) in [5.41, 5.74) is 2.99. The maximum absolute atomic E-state index is 13.8. The third kappa shape index (κ3) is 6.45. The molecule has 4 aromatic rings. The molecule has 1 aromatic heterocycles. The number of amides is 2. The number of halogens is 1. The van der Waals surface area contributed by atoms with Crippen LogP contribution in [0, 0.1) is 0 Å². The van der Waals surface area contributed by atoms with Crippen molar-refractivity contribution in [1.29, 1.82) is 0 Å². The first-order valence-corrected chi connectivity index (χ1v) is 18.6. The topological polar surface area (TPSA) is 133 Å². The minimum absolute atomic E-state index is 0.00497. The lowest BCUT2D eigenvalue weighted by Crippen LogP contribution is -2.71. The number of alkyl halides is 1. The van der Waals surface area contributed by atoms with Gasteiger partial charge in [-0.3, -0.25) is 14.5 Å². The van der Waals surface area contributed by atoms with Gasteiger partial charge in [0.15, 0.2) is 10.8 Å². The molecule has 0 saturated carbocycles. The molecule has 0 spiro atoms. The third-order valence-corrected chi connectivity index (χ3v) is 10.9. The number of carbonyl (C=O) groups excluding carboxylic acids is 2. The number of carboxylic acids is 1. The molecule has 1 saturated heterocycles. The highest BCUT2D eigenvalue weighted by molar-refractivity contribution is 14.1. The van der Waals surface area contributed by atoms with E-state index in [-0.39, 0.29) is 23.2 Å². The van der Waals surface area contributed by atoms with Crippen molar-refractivity contribution in [3.8, 4) is 0 Å². The first-order valence-electron chi connectivity index (χ1n) is 15.2. The average Bonchev–Trinajstić information content (AvgIpc) is 3.57. The van der Waals surface area contributed by atoms with Crippen LogP contribution < -0.4 is 10.6 Å². The van der Waals surface area contributed by atoms with Crippen LogP contribution in [0.4, 0.5) is 5.13 Å². The van der Waals surface area contributed by atoms with Gasteiger partial charge in [0.1, 0.15) is 34.4 Å². The molecule has 0 radical (unpaired) electrons. The lowest BCUT2D eigenvalue weighted by molar-refractivity contribution is -0.150. The van der Waals surface area contributed by atoms with Crippen LogP contribution in [0.2, 0.25) is 0 Å². The number of anilines is 1. The van der Waals surface area contributed by atoms with E-state index in [0.717, 1.165) is 16.7 Å². The molecule has 0 unspecified atom stereocenters. The molecular weight excluding hydrogens is 761 g/mol.